The minimum atomic E-state index is 0. The highest BCUT2D eigenvalue weighted by Gasteiger charge is 2.19. The normalized spacial score (nSPS) is 24.8. The van der Waals surface area contributed by atoms with E-state index >= 15 is 0 Å². The van der Waals surface area contributed by atoms with Gasteiger partial charge in [-0.3, -0.25) is 0 Å². The highest BCUT2D eigenvalue weighted by Crippen LogP contribution is 2.20. The third-order valence-electron chi connectivity index (χ3n) is 3.00. The van der Waals surface area contributed by atoms with Crippen LogP contribution in [0.4, 0.5) is 0 Å². The molecule has 2 nitrogen and oxygen atoms in total. The lowest BCUT2D eigenvalue weighted by Gasteiger charge is -2.26. The van der Waals surface area contributed by atoms with Crippen molar-refractivity contribution >= 4 is 12.4 Å². The van der Waals surface area contributed by atoms with Gasteiger partial charge in [-0.25, -0.2) is 0 Å². The number of hydrogen-bond acceptors (Lipinski definition) is 2. The minimum Gasteiger partial charge on any atom is -0.373 e. The van der Waals surface area contributed by atoms with Gasteiger partial charge >= 0.3 is 0 Å². The number of halogens is 1. The van der Waals surface area contributed by atoms with Crippen LogP contribution in [-0.4, -0.2) is 12.1 Å². The van der Waals surface area contributed by atoms with Crippen LogP contribution in [-0.2, 0) is 11.3 Å². The predicted octanol–water partition coefficient (Wildman–Crippen LogP) is 2.89. The van der Waals surface area contributed by atoms with E-state index in [0.29, 0.717) is 12.1 Å². The highest BCUT2D eigenvalue weighted by atomic mass is 35.5. The van der Waals surface area contributed by atoms with E-state index in [1.54, 1.807) is 0 Å². The van der Waals surface area contributed by atoms with E-state index in [1.165, 1.54) is 18.4 Å². The van der Waals surface area contributed by atoms with Gasteiger partial charge in [-0.15, -0.1) is 12.4 Å². The van der Waals surface area contributed by atoms with Crippen LogP contribution in [0.3, 0.4) is 0 Å². The summed E-state index contributed by atoms with van der Waals surface area (Å²) in [6.45, 7) is 0.720. The lowest BCUT2D eigenvalue weighted by molar-refractivity contribution is 0.0122. The molecule has 1 fully saturated rings. The molecule has 1 aromatic carbocycles. The second-order valence-electron chi connectivity index (χ2n) is 4.35. The third kappa shape index (κ3) is 4.12. The Morgan fingerprint density at radius 1 is 1.19 bits per heavy atom. The molecule has 2 rings (SSSR count). The van der Waals surface area contributed by atoms with Crippen molar-refractivity contribution in [2.75, 3.05) is 0 Å². The standard InChI is InChI=1S/C13H19NO.ClH/c14-12-7-4-8-13(9-12)15-10-11-5-2-1-3-6-11;/h1-3,5-6,12-13H,4,7-10,14H2;1H. The Bertz CT molecular complexity index is 291. The van der Waals surface area contributed by atoms with Crippen molar-refractivity contribution in [1.82, 2.24) is 0 Å². The van der Waals surface area contributed by atoms with Crippen molar-refractivity contribution in [3.05, 3.63) is 35.9 Å². The lowest BCUT2D eigenvalue weighted by atomic mass is 9.93. The second kappa shape index (κ2) is 6.89. The van der Waals surface area contributed by atoms with E-state index in [4.69, 9.17) is 10.5 Å². The fraction of sp³-hybridized carbons (Fsp3) is 0.538. The van der Waals surface area contributed by atoms with Crippen LogP contribution >= 0.6 is 12.4 Å². The van der Waals surface area contributed by atoms with Crippen LogP contribution in [0.15, 0.2) is 30.3 Å². The van der Waals surface area contributed by atoms with Gasteiger partial charge in [0.25, 0.3) is 0 Å². The van der Waals surface area contributed by atoms with E-state index in [2.05, 4.69) is 12.1 Å². The Morgan fingerprint density at radius 2 is 1.94 bits per heavy atom. The monoisotopic (exact) mass is 241 g/mol. The number of rotatable bonds is 3. The molecule has 1 aromatic rings. The van der Waals surface area contributed by atoms with E-state index in [-0.39, 0.29) is 12.4 Å². The summed E-state index contributed by atoms with van der Waals surface area (Å²) in [6, 6.07) is 10.7. The Labute approximate surface area is 104 Å². The molecule has 16 heavy (non-hydrogen) atoms. The van der Waals surface area contributed by atoms with E-state index < -0.39 is 0 Å². The maximum atomic E-state index is 5.91. The molecule has 2 unspecified atom stereocenters. The van der Waals surface area contributed by atoms with Crippen LogP contribution < -0.4 is 5.73 Å². The molecular formula is C13H20ClNO. The molecule has 0 aromatic heterocycles. The largest absolute Gasteiger partial charge is 0.373 e. The summed E-state index contributed by atoms with van der Waals surface area (Å²) in [5, 5.41) is 0. The van der Waals surface area contributed by atoms with Gasteiger partial charge in [0, 0.05) is 6.04 Å². The van der Waals surface area contributed by atoms with Gasteiger partial charge in [0.2, 0.25) is 0 Å². The molecule has 2 atom stereocenters. The quantitative estimate of drug-likeness (QED) is 0.883. The summed E-state index contributed by atoms with van der Waals surface area (Å²) < 4.78 is 5.86. The topological polar surface area (TPSA) is 35.2 Å². The molecule has 0 saturated heterocycles. The fourth-order valence-electron chi connectivity index (χ4n) is 2.12. The molecule has 1 aliphatic rings. The molecule has 2 N–H and O–H groups in total. The SMILES string of the molecule is Cl.NC1CCCC(OCc2ccccc2)C1. The molecule has 0 heterocycles. The van der Waals surface area contributed by atoms with Gasteiger partial charge in [0.05, 0.1) is 12.7 Å². The summed E-state index contributed by atoms with van der Waals surface area (Å²) in [5.74, 6) is 0. The van der Waals surface area contributed by atoms with Gasteiger partial charge in [0.1, 0.15) is 0 Å². The molecule has 0 bridgehead atoms. The summed E-state index contributed by atoms with van der Waals surface area (Å²) in [7, 11) is 0. The Hall–Kier alpha value is -0.570. The number of nitrogens with two attached hydrogens (primary N) is 1. The third-order valence-corrected chi connectivity index (χ3v) is 3.00. The van der Waals surface area contributed by atoms with Crippen molar-refractivity contribution in [1.29, 1.82) is 0 Å². The lowest BCUT2D eigenvalue weighted by Crippen LogP contribution is -2.32. The summed E-state index contributed by atoms with van der Waals surface area (Å²) in [4.78, 5) is 0. The molecule has 90 valence electrons. The first-order valence-electron chi connectivity index (χ1n) is 5.75. The number of ether oxygens (including phenoxy) is 1. The van der Waals surface area contributed by atoms with Gasteiger partial charge in [0.15, 0.2) is 0 Å². The van der Waals surface area contributed by atoms with Crippen LogP contribution in [0.25, 0.3) is 0 Å². The zero-order valence-electron chi connectivity index (χ0n) is 9.47. The Morgan fingerprint density at radius 3 is 2.62 bits per heavy atom. The summed E-state index contributed by atoms with van der Waals surface area (Å²) >= 11 is 0. The Kier molecular flexibility index (Phi) is 5.81. The van der Waals surface area contributed by atoms with Crippen molar-refractivity contribution in [2.24, 2.45) is 5.73 Å². The van der Waals surface area contributed by atoms with Crippen molar-refractivity contribution in [3.8, 4) is 0 Å². The maximum Gasteiger partial charge on any atom is 0.0720 e. The first-order valence-corrected chi connectivity index (χ1v) is 5.75. The molecule has 1 aliphatic carbocycles. The van der Waals surface area contributed by atoms with Crippen LogP contribution in [0.2, 0.25) is 0 Å². The van der Waals surface area contributed by atoms with Crippen molar-refractivity contribution in [2.45, 2.75) is 44.4 Å². The van der Waals surface area contributed by atoms with Crippen molar-refractivity contribution < 1.29 is 4.74 Å². The van der Waals surface area contributed by atoms with E-state index in [1.807, 2.05) is 18.2 Å². The van der Waals surface area contributed by atoms with Gasteiger partial charge < -0.3 is 10.5 Å². The van der Waals surface area contributed by atoms with Gasteiger partial charge in [-0.2, -0.15) is 0 Å². The summed E-state index contributed by atoms with van der Waals surface area (Å²) in [5.41, 5.74) is 7.16. The number of hydrogen-bond donors (Lipinski definition) is 1. The molecule has 0 radical (unpaired) electrons. The zero-order chi connectivity index (χ0) is 10.5. The molecule has 0 aliphatic heterocycles. The fourth-order valence-corrected chi connectivity index (χ4v) is 2.12. The average molecular weight is 242 g/mol. The minimum absolute atomic E-state index is 0. The Balaban J connectivity index is 0.00000128. The molecule has 0 spiro atoms. The average Bonchev–Trinajstić information content (AvgIpc) is 2.28. The molecular weight excluding hydrogens is 222 g/mol. The van der Waals surface area contributed by atoms with Gasteiger partial charge in [-0.05, 0) is 31.2 Å². The highest BCUT2D eigenvalue weighted by molar-refractivity contribution is 5.85. The van der Waals surface area contributed by atoms with Crippen LogP contribution in [0, 0.1) is 0 Å². The smallest absolute Gasteiger partial charge is 0.0720 e. The van der Waals surface area contributed by atoms with E-state index in [0.717, 1.165) is 19.4 Å². The van der Waals surface area contributed by atoms with Crippen LogP contribution in [0.5, 0.6) is 0 Å². The molecule has 1 saturated carbocycles. The van der Waals surface area contributed by atoms with E-state index in [9.17, 15) is 0 Å². The van der Waals surface area contributed by atoms with Gasteiger partial charge in [-0.1, -0.05) is 30.3 Å². The maximum absolute atomic E-state index is 5.91. The molecule has 3 heteroatoms. The zero-order valence-corrected chi connectivity index (χ0v) is 10.3. The molecule has 0 amide bonds. The first kappa shape index (κ1) is 13.5. The second-order valence-corrected chi connectivity index (χ2v) is 4.35. The number of benzene rings is 1. The first-order chi connectivity index (χ1) is 7.34. The van der Waals surface area contributed by atoms with Crippen LogP contribution in [0.1, 0.15) is 31.2 Å². The predicted molar refractivity (Wildman–Crippen MR) is 68.7 cm³/mol. The summed E-state index contributed by atoms with van der Waals surface area (Å²) in [6.07, 6.45) is 4.92. The van der Waals surface area contributed by atoms with Crippen molar-refractivity contribution in [3.63, 3.8) is 0 Å².